The molecule has 4 nitrogen and oxygen atoms in total. The highest BCUT2D eigenvalue weighted by atomic mass is 16.5. The molecule has 84 valence electrons. The average Bonchev–Trinajstić information content (AvgIpc) is 2.35. The SMILES string of the molecule is COC(=O)CC(=C=O)c1ccc(OC)cc1. The molecule has 16 heavy (non-hydrogen) atoms. The topological polar surface area (TPSA) is 52.6 Å². The summed E-state index contributed by atoms with van der Waals surface area (Å²) in [5, 5.41) is 0. The summed E-state index contributed by atoms with van der Waals surface area (Å²) < 4.78 is 9.47. The first-order valence-electron chi connectivity index (χ1n) is 4.66. The fourth-order valence-corrected chi connectivity index (χ4v) is 1.21. The first-order chi connectivity index (χ1) is 7.71. The van der Waals surface area contributed by atoms with Gasteiger partial charge in [-0.1, -0.05) is 12.1 Å². The lowest BCUT2D eigenvalue weighted by molar-refractivity contribution is -0.139. The fourth-order valence-electron chi connectivity index (χ4n) is 1.21. The van der Waals surface area contributed by atoms with Gasteiger partial charge in [0.1, 0.15) is 11.7 Å². The van der Waals surface area contributed by atoms with E-state index in [1.54, 1.807) is 37.3 Å². The van der Waals surface area contributed by atoms with Gasteiger partial charge in [0.05, 0.1) is 26.2 Å². The maximum absolute atomic E-state index is 11.0. The average molecular weight is 220 g/mol. The number of ether oxygens (including phenoxy) is 2. The fraction of sp³-hybridized carbons (Fsp3) is 0.250. The van der Waals surface area contributed by atoms with E-state index in [1.165, 1.54) is 7.11 Å². The second kappa shape index (κ2) is 5.73. The molecule has 0 atom stereocenters. The van der Waals surface area contributed by atoms with Crippen molar-refractivity contribution in [3.05, 3.63) is 29.8 Å². The van der Waals surface area contributed by atoms with Gasteiger partial charge in [-0.25, -0.2) is 4.79 Å². The number of rotatable bonds is 4. The van der Waals surface area contributed by atoms with Crippen molar-refractivity contribution in [3.8, 4) is 5.75 Å². The molecular weight excluding hydrogens is 208 g/mol. The van der Waals surface area contributed by atoms with Gasteiger partial charge in [0.15, 0.2) is 0 Å². The first-order valence-corrected chi connectivity index (χ1v) is 4.66. The smallest absolute Gasteiger partial charge is 0.310 e. The summed E-state index contributed by atoms with van der Waals surface area (Å²) in [5.74, 6) is 1.97. The van der Waals surface area contributed by atoms with Gasteiger partial charge in [-0.3, -0.25) is 4.79 Å². The van der Waals surface area contributed by atoms with E-state index in [2.05, 4.69) is 4.74 Å². The summed E-state index contributed by atoms with van der Waals surface area (Å²) >= 11 is 0. The first kappa shape index (κ1) is 12.0. The molecule has 0 saturated carbocycles. The molecule has 0 aliphatic rings. The zero-order valence-corrected chi connectivity index (χ0v) is 9.15. The highest BCUT2D eigenvalue weighted by Gasteiger charge is 2.09. The number of benzene rings is 1. The van der Waals surface area contributed by atoms with E-state index in [9.17, 15) is 9.59 Å². The van der Waals surface area contributed by atoms with Crippen LogP contribution < -0.4 is 4.74 Å². The third-order valence-electron chi connectivity index (χ3n) is 2.11. The highest BCUT2D eigenvalue weighted by molar-refractivity contribution is 5.96. The number of hydrogen-bond acceptors (Lipinski definition) is 4. The lowest BCUT2D eigenvalue weighted by atomic mass is 10.0. The van der Waals surface area contributed by atoms with Crippen LogP contribution in [0.1, 0.15) is 12.0 Å². The molecule has 0 aliphatic heterocycles. The third-order valence-corrected chi connectivity index (χ3v) is 2.11. The van der Waals surface area contributed by atoms with Gasteiger partial charge < -0.3 is 9.47 Å². The van der Waals surface area contributed by atoms with E-state index >= 15 is 0 Å². The number of methoxy groups -OCH3 is 2. The van der Waals surface area contributed by atoms with Crippen LogP contribution >= 0.6 is 0 Å². The second-order valence-electron chi connectivity index (χ2n) is 3.06. The summed E-state index contributed by atoms with van der Waals surface area (Å²) in [4.78, 5) is 21.7. The third kappa shape index (κ3) is 2.97. The van der Waals surface area contributed by atoms with Crippen LogP contribution in [-0.2, 0) is 14.3 Å². The molecule has 0 radical (unpaired) electrons. The van der Waals surface area contributed by atoms with Crippen molar-refractivity contribution in [3.63, 3.8) is 0 Å². The van der Waals surface area contributed by atoms with Crippen LogP contribution in [0, 0.1) is 0 Å². The van der Waals surface area contributed by atoms with Gasteiger partial charge in [-0.2, -0.15) is 0 Å². The van der Waals surface area contributed by atoms with Gasteiger partial charge >= 0.3 is 5.97 Å². The van der Waals surface area contributed by atoms with Crippen LogP contribution in [0.5, 0.6) is 5.75 Å². The van der Waals surface area contributed by atoms with E-state index < -0.39 is 5.97 Å². The molecule has 0 N–H and O–H groups in total. The predicted molar refractivity (Wildman–Crippen MR) is 58.7 cm³/mol. The molecule has 1 rings (SSSR count). The van der Waals surface area contributed by atoms with Crippen molar-refractivity contribution >= 4 is 17.5 Å². The lowest BCUT2D eigenvalue weighted by Crippen LogP contribution is -2.01. The second-order valence-corrected chi connectivity index (χ2v) is 3.06. The van der Waals surface area contributed by atoms with Crippen LogP contribution in [0.15, 0.2) is 24.3 Å². The molecule has 0 saturated heterocycles. The van der Waals surface area contributed by atoms with Crippen molar-refractivity contribution in [2.24, 2.45) is 0 Å². The number of carbonyl (C=O) groups is 1. The van der Waals surface area contributed by atoms with Crippen molar-refractivity contribution in [2.75, 3.05) is 14.2 Å². The minimum Gasteiger partial charge on any atom is -0.497 e. The lowest BCUT2D eigenvalue weighted by Gasteiger charge is -2.04. The molecule has 1 aromatic carbocycles. The Hall–Kier alpha value is -2.06. The largest absolute Gasteiger partial charge is 0.497 e. The molecule has 0 heterocycles. The summed E-state index contributed by atoms with van der Waals surface area (Å²) in [5.41, 5.74) is 0.913. The van der Waals surface area contributed by atoms with E-state index in [0.29, 0.717) is 11.3 Å². The maximum Gasteiger partial charge on any atom is 0.310 e. The Bertz CT molecular complexity index is 413. The standard InChI is InChI=1S/C12H12O4/c1-15-11-5-3-9(4-6-11)10(8-13)7-12(14)16-2/h3-6H,7H2,1-2H3. The predicted octanol–water partition coefficient (Wildman–Crippen LogP) is 1.47. The van der Waals surface area contributed by atoms with Crippen molar-refractivity contribution in [1.29, 1.82) is 0 Å². The van der Waals surface area contributed by atoms with E-state index in [-0.39, 0.29) is 12.0 Å². The maximum atomic E-state index is 11.0. The van der Waals surface area contributed by atoms with Crippen molar-refractivity contribution in [2.45, 2.75) is 6.42 Å². The minimum absolute atomic E-state index is 0.0771. The Morgan fingerprint density at radius 2 is 1.88 bits per heavy atom. The van der Waals surface area contributed by atoms with E-state index in [1.807, 2.05) is 0 Å². The van der Waals surface area contributed by atoms with Gasteiger partial charge in [-0.05, 0) is 17.7 Å². The zero-order chi connectivity index (χ0) is 12.0. The monoisotopic (exact) mass is 220 g/mol. The van der Waals surface area contributed by atoms with Crippen molar-refractivity contribution < 1.29 is 19.1 Å². The summed E-state index contributed by atoms with van der Waals surface area (Å²) in [6, 6.07) is 6.82. The Kier molecular flexibility index (Phi) is 4.30. The minimum atomic E-state index is -0.464. The summed E-state index contributed by atoms with van der Waals surface area (Å²) in [7, 11) is 2.83. The quantitative estimate of drug-likeness (QED) is 0.569. The van der Waals surface area contributed by atoms with Crippen molar-refractivity contribution in [1.82, 2.24) is 0 Å². The van der Waals surface area contributed by atoms with Crippen LogP contribution in [0.3, 0.4) is 0 Å². The molecule has 0 fully saturated rings. The van der Waals surface area contributed by atoms with Crippen LogP contribution in [0.4, 0.5) is 0 Å². The van der Waals surface area contributed by atoms with Gasteiger partial charge in [0, 0.05) is 0 Å². The van der Waals surface area contributed by atoms with Gasteiger partial charge in [-0.15, -0.1) is 0 Å². The molecular formula is C12H12O4. The molecule has 0 amide bonds. The van der Waals surface area contributed by atoms with E-state index in [0.717, 1.165) is 0 Å². The van der Waals surface area contributed by atoms with E-state index in [4.69, 9.17) is 4.74 Å². The van der Waals surface area contributed by atoms with Crippen LogP contribution in [0.25, 0.3) is 5.57 Å². The highest BCUT2D eigenvalue weighted by Crippen LogP contribution is 2.19. The molecule has 0 spiro atoms. The Morgan fingerprint density at radius 3 is 2.31 bits per heavy atom. The Labute approximate surface area is 93.5 Å². The van der Waals surface area contributed by atoms with Gasteiger partial charge in [0.2, 0.25) is 0 Å². The molecule has 0 aliphatic carbocycles. The molecule has 0 bridgehead atoms. The number of esters is 1. The van der Waals surface area contributed by atoms with Crippen LogP contribution in [-0.4, -0.2) is 26.1 Å². The normalized spacial score (nSPS) is 9.12. The number of hydrogen-bond donors (Lipinski definition) is 0. The molecule has 1 aromatic rings. The summed E-state index contributed by atoms with van der Waals surface area (Å²) in [6.07, 6.45) is -0.0771. The molecule has 0 aromatic heterocycles. The Balaban J connectivity index is 2.88. The van der Waals surface area contributed by atoms with Gasteiger partial charge in [0.25, 0.3) is 0 Å². The number of carbonyl (C=O) groups excluding carboxylic acids is 2. The van der Waals surface area contributed by atoms with Crippen LogP contribution in [0.2, 0.25) is 0 Å². The molecule has 0 unspecified atom stereocenters. The zero-order valence-electron chi connectivity index (χ0n) is 9.15. The molecule has 4 heteroatoms. The summed E-state index contributed by atoms with van der Waals surface area (Å²) in [6.45, 7) is 0. The Morgan fingerprint density at radius 1 is 1.25 bits per heavy atom.